The molecule has 216 valence electrons. The van der Waals surface area contributed by atoms with Gasteiger partial charge in [0.2, 0.25) is 10.0 Å². The smallest absolute Gasteiger partial charge is 0.408 e. The van der Waals surface area contributed by atoms with E-state index >= 15 is 0 Å². The molecule has 2 fully saturated rings. The summed E-state index contributed by atoms with van der Waals surface area (Å²) in [6.07, 6.45) is 0.940. The summed E-state index contributed by atoms with van der Waals surface area (Å²) in [6.45, 7) is 4.96. The first kappa shape index (κ1) is 30.3. The maximum atomic E-state index is 12.8. The molecular formula is C24H39F2N5O6S. The van der Waals surface area contributed by atoms with E-state index in [0.717, 1.165) is 38.3 Å². The van der Waals surface area contributed by atoms with Crippen LogP contribution in [0.2, 0.25) is 0 Å². The molecule has 2 atom stereocenters. The minimum Gasteiger partial charge on any atom is -0.444 e. The Labute approximate surface area is 222 Å². The summed E-state index contributed by atoms with van der Waals surface area (Å²) in [7, 11) is -2.63. The molecule has 0 aromatic carbocycles. The number of nitrogens with zero attached hydrogens (tertiary/aromatic N) is 2. The van der Waals surface area contributed by atoms with Crippen LogP contribution in [0.5, 0.6) is 0 Å². The van der Waals surface area contributed by atoms with Gasteiger partial charge in [-0.15, -0.1) is 0 Å². The predicted octanol–water partition coefficient (Wildman–Crippen LogP) is 2.66. The lowest BCUT2D eigenvalue weighted by Gasteiger charge is -2.37. The molecule has 1 saturated carbocycles. The first-order chi connectivity index (χ1) is 17.8. The van der Waals surface area contributed by atoms with Gasteiger partial charge >= 0.3 is 6.09 Å². The lowest BCUT2D eigenvalue weighted by molar-refractivity contribution is 0.00996. The van der Waals surface area contributed by atoms with Crippen molar-refractivity contribution in [1.82, 2.24) is 15.0 Å². The molecule has 2 heterocycles. The maximum absolute atomic E-state index is 12.8. The van der Waals surface area contributed by atoms with Gasteiger partial charge in [0.15, 0.2) is 0 Å². The van der Waals surface area contributed by atoms with Crippen LogP contribution in [0.3, 0.4) is 0 Å². The van der Waals surface area contributed by atoms with E-state index in [1.54, 1.807) is 32.7 Å². The Balaban J connectivity index is 1.86. The molecule has 0 bridgehead atoms. The molecule has 0 radical (unpaired) electrons. The fourth-order valence-electron chi connectivity index (χ4n) is 4.52. The molecule has 4 N–H and O–H groups in total. The van der Waals surface area contributed by atoms with Crippen LogP contribution < -0.4 is 20.3 Å². The molecule has 1 saturated heterocycles. The summed E-state index contributed by atoms with van der Waals surface area (Å²) in [5.74, 6) is 0.144. The standard InChI is InChI=1S/C24H39F2N5O6S/c1-24(2,3)37-23(33)30-21(15-8-6-5-7-9-15)22(32)29-20-10-17(31(4)16-13-36-14-16)18(11-27-20)38(34,35)28-12-19(25)26/h10-11,15-16,19,21-22,28,32H,5-9,12-14H2,1-4H3,(H,27,29)(H,30,33)/t21-,22-/m0/s1. The van der Waals surface area contributed by atoms with Gasteiger partial charge in [0, 0.05) is 13.1 Å². The van der Waals surface area contributed by atoms with Gasteiger partial charge in [0.1, 0.15) is 22.5 Å². The average molecular weight is 564 g/mol. The predicted molar refractivity (Wildman–Crippen MR) is 138 cm³/mol. The zero-order valence-corrected chi connectivity index (χ0v) is 23.1. The van der Waals surface area contributed by atoms with E-state index in [1.807, 2.05) is 4.72 Å². The normalized spacial score (nSPS) is 18.9. The van der Waals surface area contributed by atoms with Crippen molar-refractivity contribution in [1.29, 1.82) is 0 Å². The van der Waals surface area contributed by atoms with Crippen LogP contribution in [0.15, 0.2) is 17.2 Å². The number of pyridine rings is 1. The fraction of sp³-hybridized carbons (Fsp3) is 0.750. The lowest BCUT2D eigenvalue weighted by atomic mass is 9.83. The number of ether oxygens (including phenoxy) is 2. The highest BCUT2D eigenvalue weighted by atomic mass is 32.2. The van der Waals surface area contributed by atoms with E-state index in [-0.39, 0.29) is 28.4 Å². The highest BCUT2D eigenvalue weighted by Crippen LogP contribution is 2.31. The van der Waals surface area contributed by atoms with E-state index in [1.165, 1.54) is 6.07 Å². The number of aliphatic hydroxyl groups excluding tert-OH is 1. The topological polar surface area (TPSA) is 142 Å². The minimum absolute atomic E-state index is 0.00812. The Hall–Kier alpha value is -2.29. The number of aliphatic hydroxyl groups is 1. The van der Waals surface area contributed by atoms with Gasteiger partial charge < -0.3 is 30.1 Å². The highest BCUT2D eigenvalue weighted by molar-refractivity contribution is 7.89. The summed E-state index contributed by atoms with van der Waals surface area (Å²) >= 11 is 0. The Morgan fingerprint density at radius 3 is 2.47 bits per heavy atom. The molecule has 11 nitrogen and oxygen atoms in total. The average Bonchev–Trinajstić information content (AvgIpc) is 2.79. The quantitative estimate of drug-likeness (QED) is 0.299. The molecule has 1 amide bonds. The van der Waals surface area contributed by atoms with Gasteiger partial charge in [-0.3, -0.25) is 0 Å². The molecule has 1 aliphatic heterocycles. The Kier molecular flexibility index (Phi) is 10.1. The number of anilines is 2. The van der Waals surface area contributed by atoms with Crippen molar-refractivity contribution in [3.8, 4) is 0 Å². The second-order valence-corrected chi connectivity index (χ2v) is 12.5. The van der Waals surface area contributed by atoms with Gasteiger partial charge in [-0.1, -0.05) is 19.3 Å². The minimum atomic E-state index is -4.30. The maximum Gasteiger partial charge on any atom is 0.408 e. The summed E-state index contributed by atoms with van der Waals surface area (Å²) in [5, 5.41) is 16.8. The molecule has 0 spiro atoms. The van der Waals surface area contributed by atoms with Gasteiger partial charge in [0.25, 0.3) is 6.43 Å². The lowest BCUT2D eigenvalue weighted by Crippen LogP contribution is -2.52. The molecule has 38 heavy (non-hydrogen) atoms. The number of aromatic nitrogens is 1. The van der Waals surface area contributed by atoms with Crippen molar-refractivity contribution in [2.45, 2.75) is 88.1 Å². The molecule has 1 aliphatic carbocycles. The fourth-order valence-corrected chi connectivity index (χ4v) is 5.69. The number of alkyl halides is 2. The van der Waals surface area contributed by atoms with Gasteiger partial charge in [-0.2, -0.15) is 0 Å². The van der Waals surface area contributed by atoms with Gasteiger partial charge in [0.05, 0.1) is 43.7 Å². The van der Waals surface area contributed by atoms with Crippen LogP contribution in [-0.2, 0) is 19.5 Å². The third-order valence-corrected chi connectivity index (χ3v) is 8.03. The third-order valence-electron chi connectivity index (χ3n) is 6.59. The number of carbonyl (C=O) groups excluding carboxylic acids is 1. The van der Waals surface area contributed by atoms with Crippen molar-refractivity contribution < 1.29 is 36.6 Å². The van der Waals surface area contributed by atoms with Crippen LogP contribution in [0, 0.1) is 5.92 Å². The van der Waals surface area contributed by atoms with Crippen molar-refractivity contribution in [3.05, 3.63) is 12.3 Å². The molecular weight excluding hydrogens is 524 g/mol. The second-order valence-electron chi connectivity index (χ2n) is 10.7. The second kappa shape index (κ2) is 12.7. The van der Waals surface area contributed by atoms with E-state index in [9.17, 15) is 27.1 Å². The Morgan fingerprint density at radius 1 is 1.26 bits per heavy atom. The monoisotopic (exact) mass is 563 g/mol. The number of amides is 1. The largest absolute Gasteiger partial charge is 0.444 e. The molecule has 0 unspecified atom stereocenters. The third kappa shape index (κ3) is 8.35. The first-order valence-corrected chi connectivity index (χ1v) is 14.3. The summed E-state index contributed by atoms with van der Waals surface area (Å²) in [6, 6.07) is 0.622. The summed E-state index contributed by atoms with van der Waals surface area (Å²) in [4.78, 5) is 18.1. The van der Waals surface area contributed by atoms with Gasteiger partial charge in [-0.05, 0) is 39.5 Å². The number of sulfonamides is 1. The Morgan fingerprint density at radius 2 is 1.92 bits per heavy atom. The molecule has 3 rings (SSSR count). The van der Waals surface area contributed by atoms with E-state index < -0.39 is 47.0 Å². The zero-order chi connectivity index (χ0) is 28.1. The number of hydrogen-bond donors (Lipinski definition) is 4. The molecule has 1 aromatic heterocycles. The number of nitrogens with one attached hydrogen (secondary N) is 3. The first-order valence-electron chi connectivity index (χ1n) is 12.8. The number of carbonyl (C=O) groups is 1. The number of rotatable bonds is 11. The van der Waals surface area contributed by atoms with Crippen LogP contribution in [0.25, 0.3) is 0 Å². The van der Waals surface area contributed by atoms with Crippen LogP contribution >= 0.6 is 0 Å². The number of hydrogen-bond acceptors (Lipinski definition) is 9. The van der Waals surface area contributed by atoms with Crippen LogP contribution in [0.1, 0.15) is 52.9 Å². The van der Waals surface area contributed by atoms with Crippen LogP contribution in [-0.4, -0.2) is 81.7 Å². The van der Waals surface area contributed by atoms with Gasteiger partial charge in [-0.25, -0.2) is 31.7 Å². The van der Waals surface area contributed by atoms with Crippen molar-refractivity contribution in [2.75, 3.05) is 37.0 Å². The Bertz CT molecular complexity index is 1050. The van der Waals surface area contributed by atoms with E-state index in [0.29, 0.717) is 13.2 Å². The van der Waals surface area contributed by atoms with Crippen molar-refractivity contribution >= 4 is 27.6 Å². The molecule has 14 heteroatoms. The molecule has 2 aliphatic rings. The number of alkyl carbamates (subject to hydrolysis) is 1. The van der Waals surface area contributed by atoms with E-state index in [2.05, 4.69) is 15.6 Å². The zero-order valence-electron chi connectivity index (χ0n) is 22.2. The highest BCUT2D eigenvalue weighted by Gasteiger charge is 2.34. The van der Waals surface area contributed by atoms with Crippen LogP contribution in [0.4, 0.5) is 25.1 Å². The SMILES string of the molecule is CN(c1cc(N[C@@H](O)[C@@H](NC(=O)OC(C)(C)C)C2CCCCC2)ncc1S(=O)(=O)NCC(F)F)C1COC1. The van der Waals surface area contributed by atoms with Crippen molar-refractivity contribution in [3.63, 3.8) is 0 Å². The van der Waals surface area contributed by atoms with E-state index in [4.69, 9.17) is 9.47 Å². The molecule has 1 aromatic rings. The summed E-state index contributed by atoms with van der Waals surface area (Å²) in [5.41, 5.74) is -0.509. The number of halogens is 2. The van der Waals surface area contributed by atoms with Crippen molar-refractivity contribution in [2.24, 2.45) is 5.92 Å². The number of likely N-dealkylation sites (N-methyl/N-ethyl adjacent to an activating group) is 1. The summed E-state index contributed by atoms with van der Waals surface area (Å²) < 4.78 is 63.5.